The van der Waals surface area contributed by atoms with Crippen molar-refractivity contribution in [3.05, 3.63) is 69.9 Å². The molecule has 0 radical (unpaired) electrons. The second-order valence-electron chi connectivity index (χ2n) is 8.98. The molecule has 0 saturated carbocycles. The van der Waals surface area contributed by atoms with Gasteiger partial charge in [-0.3, -0.25) is 9.59 Å². The van der Waals surface area contributed by atoms with Crippen LogP contribution in [0.3, 0.4) is 0 Å². The number of fused-ring (bicyclic) bond motifs is 2. The van der Waals surface area contributed by atoms with E-state index in [1.807, 2.05) is 12.1 Å². The van der Waals surface area contributed by atoms with Crippen LogP contribution in [0.15, 0.2) is 47.3 Å². The van der Waals surface area contributed by atoms with Gasteiger partial charge in [-0.05, 0) is 28.7 Å². The van der Waals surface area contributed by atoms with Gasteiger partial charge in [-0.25, -0.2) is 0 Å². The van der Waals surface area contributed by atoms with Gasteiger partial charge < -0.3 is 19.3 Å². The molecule has 7 heteroatoms. The summed E-state index contributed by atoms with van der Waals surface area (Å²) in [4.78, 5) is 31.7. The van der Waals surface area contributed by atoms with Crippen molar-refractivity contribution in [2.45, 2.75) is 51.1 Å². The van der Waals surface area contributed by atoms with Crippen LogP contribution in [0.2, 0.25) is 0 Å². The predicted molar refractivity (Wildman–Crippen MR) is 126 cm³/mol. The van der Waals surface area contributed by atoms with Gasteiger partial charge in [0, 0.05) is 19.5 Å². The highest BCUT2D eigenvalue weighted by molar-refractivity contribution is 5.96. The molecule has 1 aromatic heterocycles. The van der Waals surface area contributed by atoms with E-state index in [-0.39, 0.29) is 23.6 Å². The molecule has 1 amide bonds. The Labute approximate surface area is 192 Å². The number of hydrogen-bond acceptors (Lipinski definition) is 5. The molecule has 1 N–H and O–H groups in total. The summed E-state index contributed by atoms with van der Waals surface area (Å²) in [6.45, 7) is 4.18. The van der Waals surface area contributed by atoms with Crippen molar-refractivity contribution in [2.24, 2.45) is 0 Å². The lowest BCUT2D eigenvalue weighted by molar-refractivity contribution is -0.0575. The third-order valence-electron chi connectivity index (χ3n) is 6.93. The molecule has 5 rings (SSSR count). The van der Waals surface area contributed by atoms with Gasteiger partial charge in [0.1, 0.15) is 5.82 Å². The number of amides is 1. The first kappa shape index (κ1) is 21.6. The number of carbonyl (C=O) groups excluding carboxylic acids is 1. The number of aromatic hydroxyl groups is 1. The molecule has 0 spiro atoms. The molecule has 172 valence electrons. The number of ether oxygens (including phenoxy) is 1. The molecule has 0 bridgehead atoms. The number of rotatable bonds is 7. The van der Waals surface area contributed by atoms with Crippen LogP contribution in [-0.4, -0.2) is 51.3 Å². The van der Waals surface area contributed by atoms with E-state index >= 15 is 0 Å². The summed E-state index contributed by atoms with van der Waals surface area (Å²) in [5.74, 6) is -0.149. The first-order valence-corrected chi connectivity index (χ1v) is 11.8. The average Bonchev–Trinajstić information content (AvgIpc) is 2.79. The Hall–Kier alpha value is -3.19. The van der Waals surface area contributed by atoms with Crippen molar-refractivity contribution in [1.29, 1.82) is 0 Å². The van der Waals surface area contributed by atoms with Crippen molar-refractivity contribution < 1.29 is 14.6 Å². The molecule has 1 saturated heterocycles. The lowest BCUT2D eigenvalue weighted by atomic mass is 9.87. The molecule has 0 aliphatic carbocycles. The monoisotopic (exact) mass is 447 g/mol. The third kappa shape index (κ3) is 3.91. The van der Waals surface area contributed by atoms with Gasteiger partial charge in [-0.1, -0.05) is 62.2 Å². The first-order valence-electron chi connectivity index (χ1n) is 11.8. The Kier molecular flexibility index (Phi) is 5.89. The summed E-state index contributed by atoms with van der Waals surface area (Å²) >= 11 is 0. The highest BCUT2D eigenvalue weighted by Crippen LogP contribution is 2.33. The molecular formula is C26H29N3O4. The van der Waals surface area contributed by atoms with Gasteiger partial charge in [-0.15, -0.1) is 0 Å². The van der Waals surface area contributed by atoms with Crippen molar-refractivity contribution in [3.63, 3.8) is 0 Å². The lowest BCUT2D eigenvalue weighted by Crippen LogP contribution is -2.55. The van der Waals surface area contributed by atoms with Crippen molar-refractivity contribution in [2.75, 3.05) is 19.8 Å². The SMILES string of the molecule is CCCCC(Cc1nc(=O)c(O)c2n1CCN(C1COC1)C2=O)c1cccc2ccccc12. The van der Waals surface area contributed by atoms with Crippen molar-refractivity contribution in [1.82, 2.24) is 14.5 Å². The molecular weight excluding hydrogens is 418 g/mol. The molecule has 1 atom stereocenters. The summed E-state index contributed by atoms with van der Waals surface area (Å²) in [5.41, 5.74) is 0.562. The van der Waals surface area contributed by atoms with Crippen LogP contribution >= 0.6 is 0 Å². The first-order chi connectivity index (χ1) is 16.1. The van der Waals surface area contributed by atoms with Crippen LogP contribution in [0.5, 0.6) is 5.75 Å². The normalized spacial score (nSPS) is 17.1. The number of nitrogens with zero attached hydrogens (tertiary/aromatic N) is 3. The molecule has 2 aliphatic heterocycles. The molecule has 2 aliphatic rings. The Morgan fingerprint density at radius 1 is 1.12 bits per heavy atom. The zero-order chi connectivity index (χ0) is 22.9. The van der Waals surface area contributed by atoms with Crippen LogP contribution in [0.25, 0.3) is 10.8 Å². The number of unbranched alkanes of at least 4 members (excludes halogenated alkanes) is 1. The minimum Gasteiger partial charge on any atom is -0.501 e. The Bertz CT molecular complexity index is 1240. The predicted octanol–water partition coefficient (Wildman–Crippen LogP) is 3.47. The molecule has 3 aromatic rings. The van der Waals surface area contributed by atoms with Gasteiger partial charge >= 0.3 is 5.56 Å². The van der Waals surface area contributed by atoms with Crippen molar-refractivity contribution in [3.8, 4) is 5.75 Å². The van der Waals surface area contributed by atoms with E-state index in [1.165, 1.54) is 16.3 Å². The smallest absolute Gasteiger partial charge is 0.315 e. The fourth-order valence-electron chi connectivity index (χ4n) is 5.04. The van der Waals surface area contributed by atoms with E-state index in [0.29, 0.717) is 38.5 Å². The van der Waals surface area contributed by atoms with Crippen LogP contribution in [0.4, 0.5) is 0 Å². The molecule has 3 heterocycles. The van der Waals surface area contributed by atoms with Gasteiger partial charge in [0.2, 0.25) is 5.75 Å². The van der Waals surface area contributed by atoms with E-state index in [2.05, 4.69) is 42.2 Å². The maximum Gasteiger partial charge on any atom is 0.315 e. The summed E-state index contributed by atoms with van der Waals surface area (Å²) in [7, 11) is 0. The summed E-state index contributed by atoms with van der Waals surface area (Å²) < 4.78 is 7.00. The highest BCUT2D eigenvalue weighted by atomic mass is 16.5. The van der Waals surface area contributed by atoms with Crippen LogP contribution in [0.1, 0.15) is 54.0 Å². The number of aromatic nitrogens is 2. The van der Waals surface area contributed by atoms with E-state index in [1.54, 1.807) is 9.47 Å². The van der Waals surface area contributed by atoms with Gasteiger partial charge in [0.25, 0.3) is 5.91 Å². The maximum atomic E-state index is 13.2. The standard InChI is InChI=1S/C26H29N3O4/c1-2-3-7-18(21-11-6-9-17-8-4-5-10-20(17)21)14-22-27-25(31)24(30)23-26(32)28(12-13-29(22)23)19-15-33-16-19/h4-6,8-11,18-19,30H,2-3,7,12-16H2,1H3. The van der Waals surface area contributed by atoms with Crippen molar-refractivity contribution >= 4 is 16.7 Å². The second kappa shape index (κ2) is 8.98. The van der Waals surface area contributed by atoms with Crippen LogP contribution in [0, 0.1) is 0 Å². The van der Waals surface area contributed by atoms with Gasteiger partial charge in [0.05, 0.1) is 19.3 Å². The molecule has 1 fully saturated rings. The summed E-state index contributed by atoms with van der Waals surface area (Å²) in [6.07, 6.45) is 3.61. The molecule has 2 aromatic carbocycles. The topological polar surface area (TPSA) is 84.7 Å². The van der Waals surface area contributed by atoms with Gasteiger partial charge in [0.15, 0.2) is 5.69 Å². The Morgan fingerprint density at radius 2 is 1.91 bits per heavy atom. The van der Waals surface area contributed by atoms with E-state index in [4.69, 9.17) is 4.74 Å². The summed E-state index contributed by atoms with van der Waals surface area (Å²) in [5, 5.41) is 12.9. The molecule has 7 nitrogen and oxygen atoms in total. The molecule has 1 unspecified atom stereocenters. The zero-order valence-corrected chi connectivity index (χ0v) is 18.9. The zero-order valence-electron chi connectivity index (χ0n) is 18.9. The van der Waals surface area contributed by atoms with Crippen LogP contribution in [-0.2, 0) is 17.7 Å². The maximum absolute atomic E-state index is 13.2. The van der Waals surface area contributed by atoms with Crippen LogP contribution < -0.4 is 5.56 Å². The van der Waals surface area contributed by atoms with E-state index in [9.17, 15) is 14.7 Å². The van der Waals surface area contributed by atoms with E-state index < -0.39 is 11.3 Å². The fourth-order valence-corrected chi connectivity index (χ4v) is 5.04. The third-order valence-corrected chi connectivity index (χ3v) is 6.93. The second-order valence-corrected chi connectivity index (χ2v) is 8.98. The van der Waals surface area contributed by atoms with Gasteiger partial charge in [-0.2, -0.15) is 4.98 Å². The Balaban J connectivity index is 1.55. The fraction of sp³-hybridized carbons (Fsp3) is 0.423. The largest absolute Gasteiger partial charge is 0.501 e. The summed E-state index contributed by atoms with van der Waals surface area (Å²) in [6, 6.07) is 14.7. The quantitative estimate of drug-likeness (QED) is 0.600. The average molecular weight is 448 g/mol. The highest BCUT2D eigenvalue weighted by Gasteiger charge is 2.37. The number of benzene rings is 2. The number of hydrogen-bond donors (Lipinski definition) is 1. The minimum atomic E-state index is -0.733. The minimum absolute atomic E-state index is 0.00496. The lowest BCUT2D eigenvalue weighted by Gasteiger charge is -2.40. The Morgan fingerprint density at radius 3 is 2.67 bits per heavy atom. The number of carbonyl (C=O) groups is 1. The molecule has 33 heavy (non-hydrogen) atoms. The van der Waals surface area contributed by atoms with E-state index in [0.717, 1.165) is 19.3 Å².